The third-order valence-electron chi connectivity index (χ3n) is 13.7. The van der Waals surface area contributed by atoms with E-state index in [2.05, 4.69) is 56.9 Å². The highest BCUT2D eigenvalue weighted by Gasteiger charge is 2.41. The Morgan fingerprint density at radius 1 is 0.835 bits per heavy atom. The summed E-state index contributed by atoms with van der Waals surface area (Å²) in [6, 6.07) is 13.7. The fourth-order valence-electron chi connectivity index (χ4n) is 9.60. The molecule has 79 heavy (non-hydrogen) atoms. The molecule has 6 N–H and O–H groups in total. The van der Waals surface area contributed by atoms with Gasteiger partial charge in [0.2, 0.25) is 23.6 Å². The lowest BCUT2D eigenvalue weighted by Gasteiger charge is -2.38. The summed E-state index contributed by atoms with van der Waals surface area (Å²) in [6.45, 7) is 1.44. The number of para-hydroxylation sites is 1. The van der Waals surface area contributed by atoms with Crippen LogP contribution in [0, 0.1) is 0 Å². The summed E-state index contributed by atoms with van der Waals surface area (Å²) in [5.74, 6) is -2.29. The zero-order valence-corrected chi connectivity index (χ0v) is 43.4. The number of ether oxygens (including phenoxy) is 2. The summed E-state index contributed by atoms with van der Waals surface area (Å²) in [4.78, 5) is 135. The molecule has 2 saturated heterocycles. The molecule has 0 radical (unpaired) electrons. The number of amides is 9. The first-order valence-corrected chi connectivity index (χ1v) is 25.4. The summed E-state index contributed by atoms with van der Waals surface area (Å²) in [5, 5.41) is 21.4. The van der Waals surface area contributed by atoms with Crippen molar-refractivity contribution in [3.05, 3.63) is 108 Å². The van der Waals surface area contributed by atoms with Crippen molar-refractivity contribution in [3.8, 4) is 17.1 Å². The number of benzene rings is 2. The van der Waals surface area contributed by atoms with E-state index in [-0.39, 0.29) is 100 Å². The van der Waals surface area contributed by atoms with E-state index >= 15 is 0 Å². The van der Waals surface area contributed by atoms with Crippen LogP contribution in [0.4, 0.5) is 28.7 Å². The van der Waals surface area contributed by atoms with Crippen LogP contribution in [0.5, 0.6) is 5.75 Å². The van der Waals surface area contributed by atoms with Gasteiger partial charge in [0.25, 0.3) is 29.5 Å². The molecule has 0 spiro atoms. The van der Waals surface area contributed by atoms with Crippen LogP contribution in [0.1, 0.15) is 62.3 Å². The summed E-state index contributed by atoms with van der Waals surface area (Å²) < 4.78 is 12.9. The monoisotopic (exact) mass is 1080 g/mol. The minimum atomic E-state index is -1.06. The molecule has 0 bridgehead atoms. The van der Waals surface area contributed by atoms with Crippen LogP contribution in [-0.4, -0.2) is 171 Å². The molecule has 1 unspecified atom stereocenters. The van der Waals surface area contributed by atoms with E-state index in [1.807, 2.05) is 12.1 Å². The van der Waals surface area contributed by atoms with Gasteiger partial charge >= 0.3 is 0 Å². The molecule has 5 aromatic rings. The van der Waals surface area contributed by atoms with Gasteiger partial charge in [-0.05, 0) is 49.2 Å². The van der Waals surface area contributed by atoms with Crippen molar-refractivity contribution in [3.63, 3.8) is 0 Å². The van der Waals surface area contributed by atoms with Crippen LogP contribution < -0.4 is 41.5 Å². The maximum atomic E-state index is 14.3. The molecule has 9 amide bonds. The van der Waals surface area contributed by atoms with Gasteiger partial charge in [-0.25, -0.2) is 15.0 Å². The predicted molar refractivity (Wildman–Crippen MR) is 283 cm³/mol. The lowest BCUT2D eigenvalue weighted by atomic mass is 10.0. The molecular weight excluding hydrogens is 1020 g/mol. The average Bonchev–Trinajstić information content (AvgIpc) is 4.32. The van der Waals surface area contributed by atoms with Crippen molar-refractivity contribution in [1.29, 1.82) is 0 Å². The maximum absolute atomic E-state index is 14.3. The number of methoxy groups -OCH3 is 1. The number of aromatic nitrogens is 5. The second-order valence-corrected chi connectivity index (χ2v) is 18.7. The van der Waals surface area contributed by atoms with Gasteiger partial charge < -0.3 is 50.8 Å². The fourth-order valence-corrected chi connectivity index (χ4v) is 9.60. The Hall–Kier alpha value is -9.59. The molecule has 2 fully saturated rings. The number of piperazine rings is 1. The van der Waals surface area contributed by atoms with Gasteiger partial charge in [0.15, 0.2) is 11.6 Å². The number of rotatable bonds is 21. The van der Waals surface area contributed by atoms with E-state index in [9.17, 15) is 43.2 Å². The predicted octanol–water partition coefficient (Wildman–Crippen LogP) is 1.17. The normalized spacial score (nSPS) is 16.4. The molecule has 3 aromatic heterocycles. The van der Waals surface area contributed by atoms with Crippen LogP contribution in [-0.2, 0) is 47.1 Å². The SMILES string of the molecule is CNC(=O)c1cnc(Nc2ccc(C(=O)NCC[C@H](NC(=O)CCOCCN3C(=O)C=CC3=O)C(=O)N3CCN(c4cccc5c4CN(C4CCC(=O)NC4=O)C5=O)CC3)cn2)cc1Nc1cccc(-c2ncn(C)n2)c1OC. The minimum absolute atomic E-state index is 0.00432. The maximum Gasteiger partial charge on any atom is 0.255 e. The third-order valence-corrected chi connectivity index (χ3v) is 13.7. The number of imide groups is 2. The molecular formula is C53H57N15O11. The lowest BCUT2D eigenvalue weighted by molar-refractivity contribution is -0.139. The molecule has 2 atom stereocenters. The van der Waals surface area contributed by atoms with Gasteiger partial charge in [-0.15, -0.1) is 0 Å². The summed E-state index contributed by atoms with van der Waals surface area (Å²) in [6.07, 6.45) is 6.93. The van der Waals surface area contributed by atoms with Gasteiger partial charge in [0.05, 0.1) is 54.9 Å². The number of aryl methyl sites for hydroxylation is 1. The van der Waals surface area contributed by atoms with Gasteiger partial charge in [-0.3, -0.25) is 58.0 Å². The minimum Gasteiger partial charge on any atom is -0.494 e. The van der Waals surface area contributed by atoms with Crippen LogP contribution in [0.25, 0.3) is 11.4 Å². The van der Waals surface area contributed by atoms with Crippen molar-refractivity contribution in [2.75, 3.05) is 82.2 Å². The number of pyridine rings is 2. The van der Waals surface area contributed by atoms with E-state index in [1.54, 1.807) is 65.4 Å². The molecule has 2 aromatic carbocycles. The van der Waals surface area contributed by atoms with E-state index < -0.39 is 47.5 Å². The zero-order valence-electron chi connectivity index (χ0n) is 43.4. The van der Waals surface area contributed by atoms with Crippen LogP contribution >= 0.6 is 0 Å². The Bertz CT molecular complexity index is 3230. The average molecular weight is 1080 g/mol. The summed E-state index contributed by atoms with van der Waals surface area (Å²) in [7, 11) is 4.78. The van der Waals surface area contributed by atoms with Crippen molar-refractivity contribution < 1.29 is 52.6 Å². The number of carbonyl (C=O) groups excluding carboxylic acids is 9. The van der Waals surface area contributed by atoms with E-state index in [0.29, 0.717) is 58.8 Å². The smallest absolute Gasteiger partial charge is 0.255 e. The van der Waals surface area contributed by atoms with E-state index in [0.717, 1.165) is 16.2 Å². The first-order chi connectivity index (χ1) is 38.2. The Balaban J connectivity index is 0.822. The molecule has 410 valence electrons. The quantitative estimate of drug-likeness (QED) is 0.0444. The summed E-state index contributed by atoms with van der Waals surface area (Å²) >= 11 is 0. The number of carbonyl (C=O) groups is 9. The van der Waals surface area contributed by atoms with Gasteiger partial charge in [-0.2, -0.15) is 5.10 Å². The second kappa shape index (κ2) is 24.2. The number of hydrogen-bond donors (Lipinski definition) is 6. The molecule has 0 aliphatic carbocycles. The number of nitrogens with zero attached hydrogens (tertiary/aromatic N) is 9. The van der Waals surface area contributed by atoms with Crippen LogP contribution in [0.2, 0.25) is 0 Å². The largest absolute Gasteiger partial charge is 0.494 e. The van der Waals surface area contributed by atoms with Crippen molar-refractivity contribution in [2.24, 2.45) is 7.05 Å². The highest BCUT2D eigenvalue weighted by atomic mass is 16.5. The first-order valence-electron chi connectivity index (χ1n) is 25.4. The highest BCUT2D eigenvalue weighted by Crippen LogP contribution is 2.38. The number of fused-ring (bicyclic) bond motifs is 1. The molecule has 26 heteroatoms. The van der Waals surface area contributed by atoms with E-state index in [4.69, 9.17) is 9.47 Å². The molecule has 7 heterocycles. The Labute approximate surface area is 452 Å². The number of nitrogens with one attached hydrogen (secondary N) is 6. The number of hydrogen-bond acceptors (Lipinski definition) is 18. The van der Waals surface area contributed by atoms with E-state index in [1.165, 1.54) is 43.6 Å². The standard InChI is InChI=1S/C53H57N15O11/c1-54-50(74)34-28-57-42(26-38(34)59-36-8-4-7-33(47(36)78-3)48-58-30-64(2)63-48)61-41-12-10-31(27-56-41)49(73)55-18-16-37(60-44(70)17-24-79-25-23-67-45(71)14-15-46(67)72)53(77)66-21-19-65(20-22-66)39-9-5-6-32-35(39)29-68(52(32)76)40-11-13-43(69)62-51(40)75/h4-10,12,14-15,26-28,30,37,40H,11,13,16-25,29H2,1-3H3,(H,54,74)(H,55,73)(H,60,70)(H,62,69,75)(H2,56,57,59,61)/t37-,40?/m0/s1. The van der Waals surface area contributed by atoms with Gasteiger partial charge in [-0.1, -0.05) is 12.1 Å². The van der Waals surface area contributed by atoms with Crippen LogP contribution in [0.15, 0.2) is 85.5 Å². The molecule has 9 rings (SSSR count). The molecule has 26 nitrogen and oxygen atoms in total. The second-order valence-electron chi connectivity index (χ2n) is 18.7. The van der Waals surface area contributed by atoms with Crippen LogP contribution in [0.3, 0.4) is 0 Å². The van der Waals surface area contributed by atoms with Crippen molar-refractivity contribution in [1.82, 2.24) is 60.7 Å². The van der Waals surface area contributed by atoms with Crippen molar-refractivity contribution in [2.45, 2.75) is 44.3 Å². The Morgan fingerprint density at radius 3 is 2.30 bits per heavy atom. The fraction of sp³-hybridized carbons (Fsp3) is 0.340. The molecule has 4 aliphatic heterocycles. The molecule has 4 aliphatic rings. The summed E-state index contributed by atoms with van der Waals surface area (Å²) in [5.41, 5.74) is 4.01. The third kappa shape index (κ3) is 12.3. The van der Waals surface area contributed by atoms with Crippen molar-refractivity contribution >= 4 is 81.9 Å². The number of piperidine rings is 1. The zero-order chi connectivity index (χ0) is 55.7. The van der Waals surface area contributed by atoms with Gasteiger partial charge in [0, 0.05) is 114 Å². The molecule has 0 saturated carbocycles. The topological polar surface area (TPSA) is 314 Å². The lowest BCUT2D eigenvalue weighted by Crippen LogP contribution is -2.55. The first kappa shape index (κ1) is 54.2. The Morgan fingerprint density at radius 2 is 1.59 bits per heavy atom. The highest BCUT2D eigenvalue weighted by molar-refractivity contribution is 6.13. The number of anilines is 5. The Kier molecular flexibility index (Phi) is 16.6. The van der Waals surface area contributed by atoms with Gasteiger partial charge in [0.1, 0.15) is 30.0 Å².